The van der Waals surface area contributed by atoms with Crippen molar-refractivity contribution in [2.75, 3.05) is 0 Å². The van der Waals surface area contributed by atoms with Crippen LogP contribution in [0.3, 0.4) is 0 Å². The van der Waals surface area contributed by atoms with Crippen LogP contribution >= 0.6 is 11.6 Å². The van der Waals surface area contributed by atoms with Crippen LogP contribution < -0.4 is 11.3 Å². The maximum absolute atomic E-state index is 5.91. The zero-order valence-electron chi connectivity index (χ0n) is 11.3. The largest absolute Gasteiger partial charge is 0.271 e. The van der Waals surface area contributed by atoms with E-state index in [1.54, 1.807) is 0 Å². The fraction of sp³-hybridized carbons (Fsp3) is 0.250. The summed E-state index contributed by atoms with van der Waals surface area (Å²) in [6, 6.07) is 14.5. The van der Waals surface area contributed by atoms with Crippen molar-refractivity contribution in [2.24, 2.45) is 5.84 Å². The molecule has 2 rings (SSSR count). The molecule has 0 heterocycles. The molecular weight excluding hydrogens is 256 g/mol. The lowest BCUT2D eigenvalue weighted by atomic mass is 9.97. The summed E-state index contributed by atoms with van der Waals surface area (Å²) in [6.45, 7) is 4.23. The molecule has 19 heavy (non-hydrogen) atoms. The van der Waals surface area contributed by atoms with Gasteiger partial charge in [0, 0.05) is 11.1 Å². The smallest absolute Gasteiger partial charge is 0.0500 e. The molecule has 2 nitrogen and oxygen atoms in total. The third-order valence-electron chi connectivity index (χ3n) is 3.19. The summed E-state index contributed by atoms with van der Waals surface area (Å²) in [5.41, 5.74) is 7.87. The van der Waals surface area contributed by atoms with Crippen LogP contribution in [0.25, 0.3) is 0 Å². The molecule has 2 aromatic rings. The average molecular weight is 275 g/mol. The van der Waals surface area contributed by atoms with Gasteiger partial charge >= 0.3 is 0 Å². The first-order valence-corrected chi connectivity index (χ1v) is 6.75. The molecule has 0 fully saturated rings. The first-order chi connectivity index (χ1) is 9.08. The van der Waals surface area contributed by atoms with E-state index in [9.17, 15) is 0 Å². The number of nitrogens with one attached hydrogen (secondary N) is 1. The molecule has 100 valence electrons. The van der Waals surface area contributed by atoms with Crippen LogP contribution in [0.2, 0.25) is 5.02 Å². The standard InChI is InChI=1S/C16H19ClN2/c1-11-7-12(2)9-13(8-11)10-16(19-18)14-3-5-15(17)6-4-14/h3-9,16,19H,10,18H2,1-2H3. The zero-order valence-corrected chi connectivity index (χ0v) is 12.0. The molecule has 1 atom stereocenters. The Hall–Kier alpha value is -1.35. The zero-order chi connectivity index (χ0) is 13.8. The van der Waals surface area contributed by atoms with E-state index < -0.39 is 0 Å². The van der Waals surface area contributed by atoms with Gasteiger partial charge in [0.25, 0.3) is 0 Å². The molecule has 0 aliphatic rings. The van der Waals surface area contributed by atoms with Gasteiger partial charge in [-0.3, -0.25) is 11.3 Å². The van der Waals surface area contributed by atoms with Crippen LogP contribution in [0.5, 0.6) is 0 Å². The summed E-state index contributed by atoms with van der Waals surface area (Å²) in [5.74, 6) is 5.68. The van der Waals surface area contributed by atoms with Crippen molar-refractivity contribution in [1.82, 2.24) is 5.43 Å². The fourth-order valence-electron chi connectivity index (χ4n) is 2.39. The Morgan fingerprint density at radius 3 is 2.16 bits per heavy atom. The second kappa shape index (κ2) is 6.20. The molecule has 1 unspecified atom stereocenters. The Morgan fingerprint density at radius 2 is 1.63 bits per heavy atom. The van der Waals surface area contributed by atoms with Crippen LogP contribution in [0.15, 0.2) is 42.5 Å². The monoisotopic (exact) mass is 274 g/mol. The van der Waals surface area contributed by atoms with Crippen molar-refractivity contribution in [2.45, 2.75) is 26.3 Å². The molecule has 0 bridgehead atoms. The lowest BCUT2D eigenvalue weighted by Crippen LogP contribution is -2.29. The molecular formula is C16H19ClN2. The second-order valence-electron chi connectivity index (χ2n) is 4.97. The Bertz CT molecular complexity index is 529. The number of nitrogens with two attached hydrogens (primary N) is 1. The molecule has 0 aliphatic carbocycles. The third kappa shape index (κ3) is 3.80. The lowest BCUT2D eigenvalue weighted by molar-refractivity contribution is 0.552. The van der Waals surface area contributed by atoms with E-state index in [0.29, 0.717) is 0 Å². The van der Waals surface area contributed by atoms with E-state index in [2.05, 4.69) is 37.5 Å². The highest BCUT2D eigenvalue weighted by atomic mass is 35.5. The summed E-state index contributed by atoms with van der Waals surface area (Å²) in [5, 5.41) is 0.742. The highest BCUT2D eigenvalue weighted by Gasteiger charge is 2.11. The normalized spacial score (nSPS) is 12.4. The fourth-order valence-corrected chi connectivity index (χ4v) is 2.52. The van der Waals surface area contributed by atoms with E-state index in [-0.39, 0.29) is 6.04 Å². The summed E-state index contributed by atoms with van der Waals surface area (Å²) in [7, 11) is 0. The van der Waals surface area contributed by atoms with Crippen molar-refractivity contribution in [3.8, 4) is 0 Å². The van der Waals surface area contributed by atoms with Crippen molar-refractivity contribution < 1.29 is 0 Å². The van der Waals surface area contributed by atoms with Crippen LogP contribution in [0.1, 0.15) is 28.3 Å². The molecule has 3 N–H and O–H groups in total. The highest BCUT2D eigenvalue weighted by Crippen LogP contribution is 2.21. The van der Waals surface area contributed by atoms with E-state index in [4.69, 9.17) is 17.4 Å². The van der Waals surface area contributed by atoms with Gasteiger partial charge in [0.15, 0.2) is 0 Å². The lowest BCUT2D eigenvalue weighted by Gasteiger charge is -2.17. The molecule has 2 aromatic carbocycles. The van der Waals surface area contributed by atoms with Crippen molar-refractivity contribution >= 4 is 11.6 Å². The van der Waals surface area contributed by atoms with Crippen LogP contribution in [0, 0.1) is 13.8 Å². The summed E-state index contributed by atoms with van der Waals surface area (Å²) in [6.07, 6.45) is 0.862. The summed E-state index contributed by atoms with van der Waals surface area (Å²) in [4.78, 5) is 0. The molecule has 0 amide bonds. The SMILES string of the molecule is Cc1cc(C)cc(CC(NN)c2ccc(Cl)cc2)c1. The van der Waals surface area contributed by atoms with Crippen molar-refractivity contribution in [3.63, 3.8) is 0 Å². The minimum Gasteiger partial charge on any atom is -0.271 e. The topological polar surface area (TPSA) is 38.0 Å². The molecule has 0 saturated heterocycles. The summed E-state index contributed by atoms with van der Waals surface area (Å²) >= 11 is 5.91. The molecule has 0 spiro atoms. The van der Waals surface area contributed by atoms with E-state index in [1.807, 2.05) is 24.3 Å². The maximum atomic E-state index is 5.91. The van der Waals surface area contributed by atoms with E-state index >= 15 is 0 Å². The molecule has 0 aromatic heterocycles. The highest BCUT2D eigenvalue weighted by molar-refractivity contribution is 6.30. The second-order valence-corrected chi connectivity index (χ2v) is 5.41. The molecule has 0 aliphatic heterocycles. The van der Waals surface area contributed by atoms with E-state index in [0.717, 1.165) is 17.0 Å². The van der Waals surface area contributed by atoms with Gasteiger partial charge in [0.05, 0.1) is 0 Å². The number of benzene rings is 2. The van der Waals surface area contributed by atoms with Gasteiger partial charge in [-0.15, -0.1) is 0 Å². The first kappa shape index (κ1) is 14.1. The Kier molecular flexibility index (Phi) is 4.59. The van der Waals surface area contributed by atoms with Gasteiger partial charge in [-0.25, -0.2) is 0 Å². The third-order valence-corrected chi connectivity index (χ3v) is 3.45. The number of rotatable bonds is 4. The molecule has 3 heteroatoms. The minimum absolute atomic E-state index is 0.0958. The van der Waals surface area contributed by atoms with E-state index in [1.165, 1.54) is 16.7 Å². The van der Waals surface area contributed by atoms with Gasteiger partial charge in [0.2, 0.25) is 0 Å². The van der Waals surface area contributed by atoms with Crippen molar-refractivity contribution in [3.05, 3.63) is 69.7 Å². The number of hydrogen-bond donors (Lipinski definition) is 2. The summed E-state index contributed by atoms with van der Waals surface area (Å²) < 4.78 is 0. The minimum atomic E-state index is 0.0958. The van der Waals surface area contributed by atoms with Gasteiger partial charge < -0.3 is 0 Å². The number of hydrogen-bond acceptors (Lipinski definition) is 2. The van der Waals surface area contributed by atoms with Crippen LogP contribution in [-0.2, 0) is 6.42 Å². The maximum Gasteiger partial charge on any atom is 0.0500 e. The van der Waals surface area contributed by atoms with Crippen LogP contribution in [0.4, 0.5) is 0 Å². The van der Waals surface area contributed by atoms with Crippen LogP contribution in [-0.4, -0.2) is 0 Å². The Morgan fingerprint density at radius 1 is 1.05 bits per heavy atom. The number of halogens is 1. The quantitative estimate of drug-likeness (QED) is 0.659. The Balaban J connectivity index is 2.21. The average Bonchev–Trinajstić information content (AvgIpc) is 2.36. The van der Waals surface area contributed by atoms with Gasteiger partial charge in [0.1, 0.15) is 0 Å². The van der Waals surface area contributed by atoms with Gasteiger partial charge in [-0.05, 0) is 43.5 Å². The Labute approximate surface area is 119 Å². The predicted octanol–water partition coefficient (Wildman–Crippen LogP) is 3.70. The van der Waals surface area contributed by atoms with Gasteiger partial charge in [-0.1, -0.05) is 53.1 Å². The first-order valence-electron chi connectivity index (χ1n) is 6.37. The van der Waals surface area contributed by atoms with Crippen molar-refractivity contribution in [1.29, 1.82) is 0 Å². The predicted molar refractivity (Wildman–Crippen MR) is 81.1 cm³/mol. The molecule has 0 saturated carbocycles. The number of hydrazine groups is 1. The van der Waals surface area contributed by atoms with Gasteiger partial charge in [-0.2, -0.15) is 0 Å². The number of aryl methyl sites for hydroxylation is 2. The molecule has 0 radical (unpaired) electrons.